The highest BCUT2D eigenvalue weighted by molar-refractivity contribution is 7.08. The van der Waals surface area contributed by atoms with Gasteiger partial charge in [0.15, 0.2) is 0 Å². The molecule has 0 bridgehead atoms. The van der Waals surface area contributed by atoms with E-state index in [1.54, 1.807) is 11.3 Å². The molecule has 1 saturated heterocycles. The zero-order valence-electron chi connectivity index (χ0n) is 9.26. The normalized spacial score (nSPS) is 16.7. The summed E-state index contributed by atoms with van der Waals surface area (Å²) in [7, 11) is 0. The van der Waals surface area contributed by atoms with Crippen LogP contribution in [0.3, 0.4) is 0 Å². The van der Waals surface area contributed by atoms with E-state index >= 15 is 0 Å². The first-order valence-electron chi connectivity index (χ1n) is 5.50. The van der Waals surface area contributed by atoms with Crippen molar-refractivity contribution in [2.75, 3.05) is 13.1 Å². The Balaban J connectivity index is 0.00000108. The molecule has 2 aromatic heterocycles. The fraction of sp³-hybridized carbons (Fsp3) is 0.455. The SMILES string of the molecule is Cl.c1cc(-c2noc(C3CCNCC3)n2)cs1. The zero-order chi connectivity index (χ0) is 10.8. The zero-order valence-corrected chi connectivity index (χ0v) is 10.9. The molecule has 0 aliphatic carbocycles. The first-order valence-corrected chi connectivity index (χ1v) is 6.44. The van der Waals surface area contributed by atoms with Crippen LogP contribution in [0.5, 0.6) is 0 Å². The van der Waals surface area contributed by atoms with Crippen molar-refractivity contribution in [3.8, 4) is 11.4 Å². The van der Waals surface area contributed by atoms with Gasteiger partial charge in [-0.05, 0) is 37.4 Å². The van der Waals surface area contributed by atoms with E-state index in [0.29, 0.717) is 5.92 Å². The summed E-state index contributed by atoms with van der Waals surface area (Å²) < 4.78 is 5.34. The molecule has 0 spiro atoms. The molecule has 3 heterocycles. The van der Waals surface area contributed by atoms with Crippen LogP contribution in [0, 0.1) is 0 Å². The molecule has 0 unspecified atom stereocenters. The molecule has 17 heavy (non-hydrogen) atoms. The third-order valence-corrected chi connectivity index (χ3v) is 3.59. The Hall–Kier alpha value is -0.910. The van der Waals surface area contributed by atoms with E-state index < -0.39 is 0 Å². The Kier molecular flexibility index (Phi) is 4.15. The minimum absolute atomic E-state index is 0. The number of thiophene rings is 1. The van der Waals surface area contributed by atoms with Gasteiger partial charge in [0.1, 0.15) is 0 Å². The molecule has 0 radical (unpaired) electrons. The van der Waals surface area contributed by atoms with Crippen LogP contribution in [-0.2, 0) is 0 Å². The molecule has 1 N–H and O–H groups in total. The summed E-state index contributed by atoms with van der Waals surface area (Å²) in [5.41, 5.74) is 1.05. The van der Waals surface area contributed by atoms with Crippen molar-refractivity contribution in [1.82, 2.24) is 15.5 Å². The predicted octanol–water partition coefficient (Wildman–Crippen LogP) is 2.69. The van der Waals surface area contributed by atoms with Crippen LogP contribution in [0.2, 0.25) is 0 Å². The molecule has 0 saturated carbocycles. The molecular formula is C11H14ClN3OS. The second kappa shape index (κ2) is 5.62. The second-order valence-corrected chi connectivity index (χ2v) is 4.77. The van der Waals surface area contributed by atoms with Crippen molar-refractivity contribution in [3.63, 3.8) is 0 Å². The molecule has 4 nitrogen and oxygen atoms in total. The highest BCUT2D eigenvalue weighted by Gasteiger charge is 2.21. The van der Waals surface area contributed by atoms with Gasteiger partial charge in [0.2, 0.25) is 11.7 Å². The van der Waals surface area contributed by atoms with Gasteiger partial charge >= 0.3 is 0 Å². The van der Waals surface area contributed by atoms with Gasteiger partial charge in [-0.3, -0.25) is 0 Å². The maximum atomic E-state index is 5.34. The van der Waals surface area contributed by atoms with Gasteiger partial charge < -0.3 is 9.84 Å². The maximum absolute atomic E-state index is 5.34. The molecule has 1 aliphatic heterocycles. The Bertz CT molecular complexity index is 451. The Morgan fingerprint density at radius 1 is 1.35 bits per heavy atom. The van der Waals surface area contributed by atoms with Crippen molar-refractivity contribution >= 4 is 23.7 Å². The fourth-order valence-corrected chi connectivity index (χ4v) is 2.61. The number of hydrogen-bond acceptors (Lipinski definition) is 5. The molecule has 6 heteroatoms. The summed E-state index contributed by atoms with van der Waals surface area (Å²) >= 11 is 1.65. The first-order chi connectivity index (χ1) is 7.93. The second-order valence-electron chi connectivity index (χ2n) is 3.99. The topological polar surface area (TPSA) is 51.0 Å². The Labute approximate surface area is 110 Å². The lowest BCUT2D eigenvalue weighted by atomic mass is 9.98. The van der Waals surface area contributed by atoms with Crippen molar-refractivity contribution in [2.24, 2.45) is 0 Å². The van der Waals surface area contributed by atoms with Gasteiger partial charge in [-0.15, -0.1) is 12.4 Å². The van der Waals surface area contributed by atoms with Crippen LogP contribution in [0.1, 0.15) is 24.7 Å². The average molecular weight is 272 g/mol. The van der Waals surface area contributed by atoms with Crippen molar-refractivity contribution in [2.45, 2.75) is 18.8 Å². The standard InChI is InChI=1S/C11H13N3OS.ClH/c1-4-12-5-2-8(1)11-13-10(14-15-11)9-3-6-16-7-9;/h3,6-8,12H,1-2,4-5H2;1H. The lowest BCUT2D eigenvalue weighted by molar-refractivity contribution is 0.320. The Morgan fingerprint density at radius 2 is 2.18 bits per heavy atom. The van der Waals surface area contributed by atoms with E-state index in [4.69, 9.17) is 4.52 Å². The van der Waals surface area contributed by atoms with E-state index in [-0.39, 0.29) is 12.4 Å². The highest BCUT2D eigenvalue weighted by Crippen LogP contribution is 2.26. The number of piperidine rings is 1. The minimum atomic E-state index is 0. The van der Waals surface area contributed by atoms with Crippen molar-refractivity contribution < 1.29 is 4.52 Å². The molecule has 92 valence electrons. The third kappa shape index (κ3) is 2.68. The smallest absolute Gasteiger partial charge is 0.230 e. The summed E-state index contributed by atoms with van der Waals surface area (Å²) in [6, 6.07) is 2.02. The van der Waals surface area contributed by atoms with Crippen molar-refractivity contribution in [3.05, 3.63) is 22.7 Å². The highest BCUT2D eigenvalue weighted by atomic mass is 35.5. The average Bonchev–Trinajstić information content (AvgIpc) is 3.01. The van der Waals surface area contributed by atoms with E-state index in [2.05, 4.69) is 15.5 Å². The molecule has 0 atom stereocenters. The molecule has 1 fully saturated rings. The van der Waals surface area contributed by atoms with Crippen LogP contribution in [0.25, 0.3) is 11.4 Å². The van der Waals surface area contributed by atoms with Crippen LogP contribution in [0.4, 0.5) is 0 Å². The monoisotopic (exact) mass is 271 g/mol. The summed E-state index contributed by atoms with van der Waals surface area (Å²) in [6.45, 7) is 2.08. The van der Waals surface area contributed by atoms with Crippen LogP contribution < -0.4 is 5.32 Å². The largest absolute Gasteiger partial charge is 0.339 e. The lowest BCUT2D eigenvalue weighted by Crippen LogP contribution is -2.26. The molecular weight excluding hydrogens is 258 g/mol. The predicted molar refractivity (Wildman–Crippen MR) is 69.7 cm³/mol. The van der Waals surface area contributed by atoms with Gasteiger partial charge in [0.05, 0.1) is 0 Å². The lowest BCUT2D eigenvalue weighted by Gasteiger charge is -2.18. The number of halogens is 1. The molecule has 3 rings (SSSR count). The number of nitrogens with zero attached hydrogens (tertiary/aromatic N) is 2. The number of hydrogen-bond donors (Lipinski definition) is 1. The van der Waals surface area contributed by atoms with Gasteiger partial charge in [0.25, 0.3) is 0 Å². The molecule has 1 aliphatic rings. The molecule has 0 amide bonds. The van der Waals surface area contributed by atoms with Crippen LogP contribution in [-0.4, -0.2) is 23.2 Å². The maximum Gasteiger partial charge on any atom is 0.230 e. The quantitative estimate of drug-likeness (QED) is 0.912. The van der Waals surface area contributed by atoms with Gasteiger partial charge in [-0.2, -0.15) is 16.3 Å². The van der Waals surface area contributed by atoms with Crippen molar-refractivity contribution in [1.29, 1.82) is 0 Å². The van der Waals surface area contributed by atoms with Gasteiger partial charge in [0, 0.05) is 16.9 Å². The van der Waals surface area contributed by atoms with Gasteiger partial charge in [-0.1, -0.05) is 5.16 Å². The molecule has 2 aromatic rings. The van der Waals surface area contributed by atoms with Crippen LogP contribution >= 0.6 is 23.7 Å². The summed E-state index contributed by atoms with van der Waals surface area (Å²) in [5, 5.41) is 11.4. The fourth-order valence-electron chi connectivity index (χ4n) is 1.98. The summed E-state index contributed by atoms with van der Waals surface area (Å²) in [4.78, 5) is 4.48. The minimum Gasteiger partial charge on any atom is -0.339 e. The number of rotatable bonds is 2. The van der Waals surface area contributed by atoms with E-state index in [9.17, 15) is 0 Å². The molecule has 0 aromatic carbocycles. The van der Waals surface area contributed by atoms with E-state index in [1.165, 1.54) is 0 Å². The summed E-state index contributed by atoms with van der Waals surface area (Å²) in [6.07, 6.45) is 2.18. The Morgan fingerprint density at radius 3 is 2.88 bits per heavy atom. The van der Waals surface area contributed by atoms with E-state index in [0.717, 1.165) is 43.2 Å². The number of nitrogens with one attached hydrogen (secondary N) is 1. The van der Waals surface area contributed by atoms with Gasteiger partial charge in [-0.25, -0.2) is 0 Å². The number of aromatic nitrogens is 2. The first kappa shape index (κ1) is 12.5. The van der Waals surface area contributed by atoms with Crippen LogP contribution in [0.15, 0.2) is 21.3 Å². The third-order valence-electron chi connectivity index (χ3n) is 2.91. The summed E-state index contributed by atoms with van der Waals surface area (Å²) in [5.74, 6) is 1.94. The van der Waals surface area contributed by atoms with E-state index in [1.807, 2.05) is 16.8 Å².